The van der Waals surface area contributed by atoms with Crippen LogP contribution in [0.25, 0.3) is 0 Å². The lowest BCUT2D eigenvalue weighted by molar-refractivity contribution is -0.143. The Hall–Kier alpha value is -2.94. The molecule has 0 spiro atoms. The van der Waals surface area contributed by atoms with Crippen molar-refractivity contribution in [1.82, 2.24) is 9.80 Å². The van der Waals surface area contributed by atoms with Crippen molar-refractivity contribution in [1.29, 1.82) is 0 Å². The van der Waals surface area contributed by atoms with E-state index in [9.17, 15) is 19.2 Å². The number of urea groups is 1. The van der Waals surface area contributed by atoms with Crippen molar-refractivity contribution < 1.29 is 28.7 Å². The summed E-state index contributed by atoms with van der Waals surface area (Å²) < 4.78 is 10.3. The van der Waals surface area contributed by atoms with Crippen molar-refractivity contribution in [3.8, 4) is 5.75 Å². The van der Waals surface area contributed by atoms with Gasteiger partial charge in [-0.25, -0.2) is 9.69 Å². The molecule has 0 atom stereocenters. The number of methoxy groups -OCH3 is 1. The Balaban J connectivity index is 1.97. The second-order valence-electron chi connectivity index (χ2n) is 5.43. The molecule has 1 saturated heterocycles. The lowest BCUT2D eigenvalue weighted by atomic mass is 10.3. The van der Waals surface area contributed by atoms with E-state index >= 15 is 0 Å². The van der Waals surface area contributed by atoms with Crippen molar-refractivity contribution in [3.05, 3.63) is 24.3 Å². The highest BCUT2D eigenvalue weighted by molar-refractivity contribution is 6.45. The quantitative estimate of drug-likeness (QED) is 0.396. The minimum atomic E-state index is -1.01. The third kappa shape index (κ3) is 4.37. The summed E-state index contributed by atoms with van der Waals surface area (Å²) in [5, 5.41) is 2.56. The monoisotopic (exact) mass is 363 g/mol. The van der Waals surface area contributed by atoms with Crippen LogP contribution in [-0.4, -0.2) is 67.0 Å². The van der Waals surface area contributed by atoms with Crippen LogP contribution in [0.4, 0.5) is 10.5 Å². The zero-order valence-corrected chi connectivity index (χ0v) is 14.7. The summed E-state index contributed by atoms with van der Waals surface area (Å²) in [6, 6.07) is 5.92. The number of amides is 5. The minimum absolute atomic E-state index is 0.0635. The lowest BCUT2D eigenvalue weighted by Crippen LogP contribution is -2.39. The first-order valence-electron chi connectivity index (χ1n) is 8.17. The highest BCUT2D eigenvalue weighted by Gasteiger charge is 2.44. The van der Waals surface area contributed by atoms with E-state index in [1.807, 2.05) is 6.92 Å². The smallest absolute Gasteiger partial charge is 0.334 e. The van der Waals surface area contributed by atoms with Gasteiger partial charge in [0.1, 0.15) is 12.3 Å². The molecular weight excluding hydrogens is 342 g/mol. The molecule has 1 aliphatic rings. The van der Waals surface area contributed by atoms with Gasteiger partial charge in [0.05, 0.1) is 12.8 Å². The van der Waals surface area contributed by atoms with Crippen LogP contribution in [0.1, 0.15) is 13.3 Å². The molecule has 0 aromatic heterocycles. The first-order valence-corrected chi connectivity index (χ1v) is 8.17. The van der Waals surface area contributed by atoms with Crippen molar-refractivity contribution in [2.45, 2.75) is 13.3 Å². The molecule has 26 heavy (non-hydrogen) atoms. The Bertz CT molecular complexity index is 705. The molecule has 140 valence electrons. The maximum absolute atomic E-state index is 12.3. The van der Waals surface area contributed by atoms with Crippen LogP contribution in [0.15, 0.2) is 24.3 Å². The van der Waals surface area contributed by atoms with Crippen molar-refractivity contribution in [2.75, 3.05) is 38.7 Å². The Labute approximate surface area is 150 Å². The number of imide groups is 2. The van der Waals surface area contributed by atoms with Crippen LogP contribution >= 0.6 is 0 Å². The molecule has 0 saturated carbocycles. The Morgan fingerprint density at radius 2 is 1.81 bits per heavy atom. The SMILES string of the molecule is CCOCCCN1C(=O)C(=O)N(CC(=O)Nc2ccccc2OC)C1=O. The van der Waals surface area contributed by atoms with E-state index in [1.54, 1.807) is 24.3 Å². The van der Waals surface area contributed by atoms with Crippen LogP contribution in [0.2, 0.25) is 0 Å². The number of benzene rings is 1. The molecule has 1 fully saturated rings. The van der Waals surface area contributed by atoms with E-state index in [4.69, 9.17) is 9.47 Å². The topological polar surface area (TPSA) is 105 Å². The van der Waals surface area contributed by atoms with Gasteiger partial charge in [-0.05, 0) is 25.5 Å². The predicted molar refractivity (Wildman–Crippen MR) is 91.6 cm³/mol. The number of carbonyl (C=O) groups is 4. The molecule has 2 rings (SSSR count). The average molecular weight is 363 g/mol. The maximum atomic E-state index is 12.3. The fourth-order valence-electron chi connectivity index (χ4n) is 2.44. The highest BCUT2D eigenvalue weighted by atomic mass is 16.5. The summed E-state index contributed by atoms with van der Waals surface area (Å²) in [5.41, 5.74) is 0.402. The molecule has 1 N–H and O–H groups in total. The number of nitrogens with one attached hydrogen (secondary N) is 1. The van der Waals surface area contributed by atoms with Crippen molar-refractivity contribution in [3.63, 3.8) is 0 Å². The van der Waals surface area contributed by atoms with Gasteiger partial charge in [0, 0.05) is 19.8 Å². The molecule has 1 heterocycles. The Kier molecular flexibility index (Phi) is 6.67. The summed E-state index contributed by atoms with van der Waals surface area (Å²) in [6.45, 7) is 2.24. The number of anilines is 1. The summed E-state index contributed by atoms with van der Waals surface area (Å²) >= 11 is 0. The first-order chi connectivity index (χ1) is 12.5. The standard InChI is InChI=1S/C17H21N3O6/c1-3-26-10-6-9-19-15(22)16(23)20(17(19)24)11-14(21)18-12-7-4-5-8-13(12)25-2/h4-5,7-8H,3,6,9-11H2,1-2H3,(H,18,21). The normalized spacial score (nSPS) is 14.2. The highest BCUT2D eigenvalue weighted by Crippen LogP contribution is 2.23. The molecule has 0 bridgehead atoms. The van der Waals surface area contributed by atoms with Crippen LogP contribution in [0, 0.1) is 0 Å². The van der Waals surface area contributed by atoms with E-state index in [-0.39, 0.29) is 6.54 Å². The Morgan fingerprint density at radius 1 is 1.12 bits per heavy atom. The van der Waals surface area contributed by atoms with Crippen molar-refractivity contribution >= 4 is 29.4 Å². The molecular formula is C17H21N3O6. The third-order valence-electron chi connectivity index (χ3n) is 3.69. The molecule has 1 aromatic carbocycles. The van der Waals surface area contributed by atoms with Crippen LogP contribution in [0.3, 0.4) is 0 Å². The molecule has 9 heteroatoms. The second-order valence-corrected chi connectivity index (χ2v) is 5.43. The average Bonchev–Trinajstić information content (AvgIpc) is 2.83. The number of rotatable bonds is 9. The largest absolute Gasteiger partial charge is 0.495 e. The molecule has 1 aromatic rings. The Morgan fingerprint density at radius 3 is 2.50 bits per heavy atom. The molecule has 1 aliphatic heterocycles. The number of ether oxygens (including phenoxy) is 2. The first kappa shape index (κ1) is 19.4. The van der Waals surface area contributed by atoms with E-state index in [1.165, 1.54) is 7.11 Å². The fraction of sp³-hybridized carbons (Fsp3) is 0.412. The number of carbonyl (C=O) groups excluding carboxylic acids is 4. The van der Waals surface area contributed by atoms with Crippen LogP contribution in [0.5, 0.6) is 5.75 Å². The van der Waals surface area contributed by atoms with Gasteiger partial charge in [0.15, 0.2) is 0 Å². The van der Waals surface area contributed by atoms with E-state index < -0.39 is 30.3 Å². The zero-order chi connectivity index (χ0) is 19.1. The van der Waals surface area contributed by atoms with E-state index in [0.717, 1.165) is 4.90 Å². The lowest BCUT2D eigenvalue weighted by Gasteiger charge is -2.16. The van der Waals surface area contributed by atoms with Gasteiger partial charge >= 0.3 is 17.8 Å². The van der Waals surface area contributed by atoms with Gasteiger partial charge < -0.3 is 14.8 Å². The molecule has 0 aliphatic carbocycles. The molecule has 0 unspecified atom stereocenters. The number of para-hydroxylation sites is 2. The predicted octanol–water partition coefficient (Wildman–Crippen LogP) is 0.851. The fourth-order valence-corrected chi connectivity index (χ4v) is 2.44. The van der Waals surface area contributed by atoms with Crippen LogP contribution in [-0.2, 0) is 19.1 Å². The van der Waals surface area contributed by atoms with Gasteiger partial charge in [-0.15, -0.1) is 0 Å². The van der Waals surface area contributed by atoms with Gasteiger partial charge in [-0.1, -0.05) is 12.1 Å². The summed E-state index contributed by atoms with van der Waals surface area (Å²) in [5.74, 6) is -2.12. The summed E-state index contributed by atoms with van der Waals surface area (Å²) in [6.07, 6.45) is 0.417. The summed E-state index contributed by atoms with van der Waals surface area (Å²) in [7, 11) is 1.46. The van der Waals surface area contributed by atoms with E-state index in [0.29, 0.717) is 36.0 Å². The van der Waals surface area contributed by atoms with Gasteiger partial charge in [-0.3, -0.25) is 19.3 Å². The number of nitrogens with zero attached hydrogens (tertiary/aromatic N) is 2. The number of hydrogen-bond donors (Lipinski definition) is 1. The molecule has 9 nitrogen and oxygen atoms in total. The molecule has 5 amide bonds. The summed E-state index contributed by atoms with van der Waals surface area (Å²) in [4.78, 5) is 49.9. The van der Waals surface area contributed by atoms with Crippen molar-refractivity contribution in [2.24, 2.45) is 0 Å². The third-order valence-corrected chi connectivity index (χ3v) is 3.69. The van der Waals surface area contributed by atoms with Gasteiger partial charge in [-0.2, -0.15) is 0 Å². The van der Waals surface area contributed by atoms with E-state index in [2.05, 4.69) is 5.32 Å². The van der Waals surface area contributed by atoms with Crippen LogP contribution < -0.4 is 10.1 Å². The zero-order valence-electron chi connectivity index (χ0n) is 14.7. The van der Waals surface area contributed by atoms with Gasteiger partial charge in [0.25, 0.3) is 0 Å². The number of hydrogen-bond acceptors (Lipinski definition) is 6. The maximum Gasteiger partial charge on any atom is 0.334 e. The molecule has 0 radical (unpaired) electrons. The minimum Gasteiger partial charge on any atom is -0.495 e. The van der Waals surface area contributed by atoms with Gasteiger partial charge in [0.2, 0.25) is 5.91 Å². The second kappa shape index (κ2) is 8.95.